The molecule has 1 aliphatic rings. The first-order valence-corrected chi connectivity index (χ1v) is 7.78. The molecule has 0 aliphatic carbocycles. The van der Waals surface area contributed by atoms with E-state index in [1.165, 1.54) is 0 Å². The second-order valence-corrected chi connectivity index (χ2v) is 6.11. The molecule has 0 unspecified atom stereocenters. The fraction of sp³-hybridized carbons (Fsp3) is 0.412. The number of aliphatic hydroxyl groups is 1. The van der Waals surface area contributed by atoms with Crippen LogP contribution in [0.15, 0.2) is 42.7 Å². The molecule has 3 rings (SSSR count). The fourth-order valence-corrected chi connectivity index (χ4v) is 3.07. The quantitative estimate of drug-likeness (QED) is 0.843. The van der Waals surface area contributed by atoms with Crippen LogP contribution in [0.5, 0.6) is 0 Å². The highest BCUT2D eigenvalue weighted by molar-refractivity contribution is 5.66. The Kier molecular flexibility index (Phi) is 4.45. The molecule has 0 amide bonds. The smallest absolute Gasteiger partial charge is 0.305 e. The van der Waals surface area contributed by atoms with Gasteiger partial charge in [0.1, 0.15) is 5.60 Å². The SMILES string of the molecule is O=C(O)CCn1cc(CN2CC[C@@](O)(c3ccccc3)C2)cn1. The van der Waals surface area contributed by atoms with E-state index in [1.54, 1.807) is 10.9 Å². The average molecular weight is 315 g/mol. The molecule has 1 fully saturated rings. The minimum absolute atomic E-state index is 0.0680. The Morgan fingerprint density at radius 2 is 2.09 bits per heavy atom. The van der Waals surface area contributed by atoms with Crippen LogP contribution in [0.4, 0.5) is 0 Å². The van der Waals surface area contributed by atoms with E-state index in [0.29, 0.717) is 26.1 Å². The number of β-amino-alcohol motifs (C(OH)–C–C–N with tert-alkyl or cyclic N) is 1. The van der Waals surface area contributed by atoms with E-state index in [1.807, 2.05) is 36.5 Å². The molecule has 6 heteroatoms. The number of hydrogen-bond acceptors (Lipinski definition) is 4. The zero-order chi connectivity index (χ0) is 16.3. The highest BCUT2D eigenvalue weighted by Crippen LogP contribution is 2.32. The van der Waals surface area contributed by atoms with Crippen molar-refractivity contribution in [1.29, 1.82) is 0 Å². The van der Waals surface area contributed by atoms with E-state index in [2.05, 4.69) is 10.00 Å². The van der Waals surface area contributed by atoms with Gasteiger partial charge in [-0.2, -0.15) is 5.10 Å². The molecule has 1 aromatic heterocycles. The second-order valence-electron chi connectivity index (χ2n) is 6.11. The Morgan fingerprint density at radius 3 is 2.83 bits per heavy atom. The van der Waals surface area contributed by atoms with Gasteiger partial charge in [-0.05, 0) is 12.0 Å². The normalized spacial score (nSPS) is 21.6. The molecule has 0 saturated carbocycles. The highest BCUT2D eigenvalue weighted by atomic mass is 16.4. The molecular weight excluding hydrogens is 294 g/mol. The second kappa shape index (κ2) is 6.52. The highest BCUT2D eigenvalue weighted by Gasteiger charge is 2.37. The number of nitrogens with zero attached hydrogens (tertiary/aromatic N) is 3. The molecule has 2 heterocycles. The molecule has 2 aromatic rings. The molecular formula is C17H21N3O3. The molecule has 6 nitrogen and oxygen atoms in total. The van der Waals surface area contributed by atoms with Gasteiger partial charge in [0.2, 0.25) is 0 Å². The Labute approximate surface area is 135 Å². The monoisotopic (exact) mass is 315 g/mol. The van der Waals surface area contributed by atoms with Crippen molar-refractivity contribution in [3.05, 3.63) is 53.9 Å². The van der Waals surface area contributed by atoms with Crippen molar-refractivity contribution in [3.63, 3.8) is 0 Å². The summed E-state index contributed by atoms with van der Waals surface area (Å²) in [4.78, 5) is 12.8. The molecule has 122 valence electrons. The summed E-state index contributed by atoms with van der Waals surface area (Å²) in [6.45, 7) is 2.51. The lowest BCUT2D eigenvalue weighted by atomic mass is 9.93. The van der Waals surface area contributed by atoms with Crippen molar-refractivity contribution < 1.29 is 15.0 Å². The van der Waals surface area contributed by atoms with Crippen molar-refractivity contribution >= 4 is 5.97 Å². The van der Waals surface area contributed by atoms with Crippen LogP contribution in [0.25, 0.3) is 0 Å². The minimum Gasteiger partial charge on any atom is -0.481 e. The maximum Gasteiger partial charge on any atom is 0.305 e. The lowest BCUT2D eigenvalue weighted by Crippen LogP contribution is -2.30. The number of carboxylic acid groups (broad SMARTS) is 1. The third-order valence-electron chi connectivity index (χ3n) is 4.29. The number of likely N-dealkylation sites (tertiary alicyclic amines) is 1. The van der Waals surface area contributed by atoms with Gasteiger partial charge >= 0.3 is 5.97 Å². The van der Waals surface area contributed by atoms with Crippen LogP contribution in [0.3, 0.4) is 0 Å². The van der Waals surface area contributed by atoms with Crippen molar-refractivity contribution in [2.24, 2.45) is 0 Å². The van der Waals surface area contributed by atoms with Gasteiger partial charge < -0.3 is 10.2 Å². The fourth-order valence-electron chi connectivity index (χ4n) is 3.07. The van der Waals surface area contributed by atoms with E-state index in [9.17, 15) is 9.90 Å². The third kappa shape index (κ3) is 3.78. The maximum atomic E-state index is 10.8. The van der Waals surface area contributed by atoms with Crippen LogP contribution in [-0.4, -0.2) is 44.0 Å². The molecule has 1 atom stereocenters. The van der Waals surface area contributed by atoms with Gasteiger partial charge in [-0.15, -0.1) is 0 Å². The number of carboxylic acids is 1. The van der Waals surface area contributed by atoms with Crippen LogP contribution in [-0.2, 0) is 23.5 Å². The van der Waals surface area contributed by atoms with Crippen molar-refractivity contribution in [2.45, 2.75) is 31.5 Å². The molecule has 1 aromatic carbocycles. The third-order valence-corrected chi connectivity index (χ3v) is 4.29. The number of carbonyl (C=O) groups is 1. The Bertz CT molecular complexity index is 671. The van der Waals surface area contributed by atoms with E-state index in [0.717, 1.165) is 17.7 Å². The summed E-state index contributed by atoms with van der Waals surface area (Å²) in [6.07, 6.45) is 4.42. The van der Waals surface area contributed by atoms with E-state index in [4.69, 9.17) is 5.11 Å². The van der Waals surface area contributed by atoms with E-state index >= 15 is 0 Å². The summed E-state index contributed by atoms with van der Waals surface area (Å²) in [5.74, 6) is -0.825. The van der Waals surface area contributed by atoms with Crippen molar-refractivity contribution in [2.75, 3.05) is 13.1 Å². The first kappa shape index (κ1) is 15.7. The summed E-state index contributed by atoms with van der Waals surface area (Å²) in [6, 6.07) is 9.77. The van der Waals surface area contributed by atoms with Crippen molar-refractivity contribution in [3.8, 4) is 0 Å². The van der Waals surface area contributed by atoms with Gasteiger partial charge in [-0.25, -0.2) is 0 Å². The lowest BCUT2D eigenvalue weighted by molar-refractivity contribution is -0.137. The molecule has 1 saturated heterocycles. The van der Waals surface area contributed by atoms with Crippen LogP contribution in [0.2, 0.25) is 0 Å². The van der Waals surface area contributed by atoms with Crippen LogP contribution >= 0.6 is 0 Å². The zero-order valence-corrected chi connectivity index (χ0v) is 12.9. The number of aromatic nitrogens is 2. The average Bonchev–Trinajstić information content (AvgIpc) is 3.14. The topological polar surface area (TPSA) is 78.6 Å². The summed E-state index contributed by atoms with van der Waals surface area (Å²) < 4.78 is 1.66. The minimum atomic E-state index is -0.825. The van der Waals surface area contributed by atoms with Crippen LogP contribution in [0, 0.1) is 0 Å². The molecule has 0 spiro atoms. The molecule has 0 bridgehead atoms. The van der Waals surface area contributed by atoms with Gasteiger partial charge in [0, 0.05) is 31.4 Å². The Hall–Kier alpha value is -2.18. The van der Waals surface area contributed by atoms with Gasteiger partial charge in [-0.1, -0.05) is 30.3 Å². The van der Waals surface area contributed by atoms with Gasteiger partial charge in [0.15, 0.2) is 0 Å². The first-order valence-electron chi connectivity index (χ1n) is 7.78. The largest absolute Gasteiger partial charge is 0.481 e. The number of rotatable bonds is 6. The van der Waals surface area contributed by atoms with Crippen LogP contribution < -0.4 is 0 Å². The lowest BCUT2D eigenvalue weighted by Gasteiger charge is -2.23. The van der Waals surface area contributed by atoms with Crippen LogP contribution in [0.1, 0.15) is 24.0 Å². The van der Waals surface area contributed by atoms with Gasteiger partial charge in [0.05, 0.1) is 19.2 Å². The zero-order valence-electron chi connectivity index (χ0n) is 12.9. The molecule has 23 heavy (non-hydrogen) atoms. The molecule has 0 radical (unpaired) electrons. The maximum absolute atomic E-state index is 10.8. The first-order chi connectivity index (χ1) is 11.0. The Balaban J connectivity index is 1.59. The predicted molar refractivity (Wildman–Crippen MR) is 84.7 cm³/mol. The van der Waals surface area contributed by atoms with Gasteiger partial charge in [-0.3, -0.25) is 14.4 Å². The number of aliphatic carboxylic acids is 1. The van der Waals surface area contributed by atoms with E-state index in [-0.39, 0.29) is 6.42 Å². The summed E-state index contributed by atoms with van der Waals surface area (Å²) >= 11 is 0. The van der Waals surface area contributed by atoms with Gasteiger partial charge in [0.25, 0.3) is 0 Å². The number of hydrogen-bond donors (Lipinski definition) is 2. The van der Waals surface area contributed by atoms with E-state index < -0.39 is 11.6 Å². The van der Waals surface area contributed by atoms with Crippen molar-refractivity contribution in [1.82, 2.24) is 14.7 Å². The Morgan fingerprint density at radius 1 is 1.30 bits per heavy atom. The standard InChI is InChI=1S/C17H21N3O3/c21-16(22)6-8-20-12-14(10-18-20)11-19-9-7-17(23,13-19)15-4-2-1-3-5-15/h1-5,10,12,23H,6-9,11,13H2,(H,21,22)/t17-/m0/s1. The number of aryl methyl sites for hydroxylation is 1. The summed E-state index contributed by atoms with van der Waals surface area (Å²) in [7, 11) is 0. The summed E-state index contributed by atoms with van der Waals surface area (Å²) in [5.41, 5.74) is 1.20. The number of benzene rings is 1. The molecule has 1 aliphatic heterocycles. The summed E-state index contributed by atoms with van der Waals surface area (Å²) in [5, 5.41) is 23.7. The molecule has 2 N–H and O–H groups in total. The predicted octanol–water partition coefficient (Wildman–Crippen LogP) is 1.45.